The molecular formula is C15H23ClN4O3S. The molecule has 0 unspecified atom stereocenters. The number of nitrogens with one attached hydrogen (secondary N) is 1. The zero-order valence-corrected chi connectivity index (χ0v) is 15.4. The Morgan fingerprint density at radius 3 is 2.33 bits per heavy atom. The predicted octanol–water partition coefficient (Wildman–Crippen LogP) is 0.849. The number of nitrogens with zero attached hydrogens (tertiary/aromatic N) is 2. The van der Waals surface area contributed by atoms with Gasteiger partial charge in [0.2, 0.25) is 10.0 Å². The van der Waals surface area contributed by atoms with Crippen molar-refractivity contribution < 1.29 is 8.42 Å². The van der Waals surface area contributed by atoms with Crippen molar-refractivity contribution in [3.05, 3.63) is 28.7 Å². The fraction of sp³-hybridized carbons (Fsp3) is 0.533. The zero-order valence-electron chi connectivity index (χ0n) is 13.8. The normalized spacial score (nSPS) is 17.1. The Balaban J connectivity index is 0.00000208. The molecule has 0 spiro atoms. The van der Waals surface area contributed by atoms with Crippen molar-refractivity contribution in [2.75, 3.05) is 6.54 Å². The molecule has 1 aromatic carbocycles. The number of nitrogens with two attached hydrogens (primary N) is 1. The molecule has 1 fully saturated rings. The van der Waals surface area contributed by atoms with Crippen LogP contribution in [0.2, 0.25) is 0 Å². The van der Waals surface area contributed by atoms with Crippen molar-refractivity contribution in [2.45, 2.75) is 36.1 Å². The van der Waals surface area contributed by atoms with Gasteiger partial charge in [0, 0.05) is 26.2 Å². The minimum absolute atomic E-state index is 0. The highest BCUT2D eigenvalue weighted by atomic mass is 35.5. The van der Waals surface area contributed by atoms with Crippen LogP contribution in [0, 0.1) is 0 Å². The Morgan fingerprint density at radius 2 is 1.75 bits per heavy atom. The highest BCUT2D eigenvalue weighted by Gasteiger charge is 2.36. The summed E-state index contributed by atoms with van der Waals surface area (Å²) < 4.78 is 31.2. The third-order valence-corrected chi connectivity index (χ3v) is 6.43. The fourth-order valence-electron chi connectivity index (χ4n) is 3.40. The van der Waals surface area contributed by atoms with Gasteiger partial charge in [0.1, 0.15) is 0 Å². The number of halogens is 1. The third-order valence-electron chi connectivity index (χ3n) is 4.86. The summed E-state index contributed by atoms with van der Waals surface area (Å²) >= 11 is 0. The molecule has 0 atom stereocenters. The van der Waals surface area contributed by atoms with Gasteiger partial charge in [-0.05, 0) is 31.0 Å². The van der Waals surface area contributed by atoms with Crippen LogP contribution in [0.4, 0.5) is 0 Å². The summed E-state index contributed by atoms with van der Waals surface area (Å²) in [5.74, 6) is 0. The molecule has 1 saturated carbocycles. The van der Waals surface area contributed by atoms with E-state index in [0.717, 1.165) is 25.7 Å². The lowest BCUT2D eigenvalue weighted by Crippen LogP contribution is -2.51. The first-order chi connectivity index (χ1) is 10.8. The van der Waals surface area contributed by atoms with E-state index in [0.29, 0.717) is 11.0 Å². The molecule has 0 bridgehead atoms. The summed E-state index contributed by atoms with van der Waals surface area (Å²) in [5.41, 5.74) is 6.38. The van der Waals surface area contributed by atoms with Crippen LogP contribution in [0.25, 0.3) is 11.0 Å². The van der Waals surface area contributed by atoms with E-state index in [1.54, 1.807) is 20.2 Å². The minimum atomic E-state index is -3.68. The maximum atomic E-state index is 12.7. The van der Waals surface area contributed by atoms with Gasteiger partial charge in [0.15, 0.2) is 0 Å². The maximum Gasteiger partial charge on any atom is 0.328 e. The van der Waals surface area contributed by atoms with Crippen LogP contribution in [0.1, 0.15) is 25.7 Å². The highest BCUT2D eigenvalue weighted by Crippen LogP contribution is 2.30. The minimum Gasteiger partial charge on any atom is -0.329 e. The molecule has 1 aliphatic rings. The molecule has 3 N–H and O–H groups in total. The van der Waals surface area contributed by atoms with Crippen LogP contribution >= 0.6 is 12.4 Å². The van der Waals surface area contributed by atoms with Crippen LogP contribution in [-0.4, -0.2) is 29.6 Å². The molecule has 24 heavy (non-hydrogen) atoms. The molecule has 1 aliphatic carbocycles. The van der Waals surface area contributed by atoms with Gasteiger partial charge < -0.3 is 5.73 Å². The van der Waals surface area contributed by atoms with Crippen LogP contribution in [0.3, 0.4) is 0 Å². The summed E-state index contributed by atoms with van der Waals surface area (Å²) in [6, 6.07) is 4.73. The zero-order chi connectivity index (χ0) is 16.8. The number of sulfonamides is 1. The van der Waals surface area contributed by atoms with E-state index >= 15 is 0 Å². The quantitative estimate of drug-likeness (QED) is 0.828. The summed E-state index contributed by atoms with van der Waals surface area (Å²) in [7, 11) is -0.383. The second-order valence-electron chi connectivity index (χ2n) is 6.35. The highest BCUT2D eigenvalue weighted by molar-refractivity contribution is 7.89. The van der Waals surface area contributed by atoms with Crippen molar-refractivity contribution >= 4 is 33.5 Å². The summed E-state index contributed by atoms with van der Waals surface area (Å²) in [6.45, 7) is 0.290. The number of hydrogen-bond donors (Lipinski definition) is 2. The van der Waals surface area contributed by atoms with Gasteiger partial charge in [-0.2, -0.15) is 0 Å². The fourth-order valence-corrected chi connectivity index (χ4v) is 4.89. The van der Waals surface area contributed by atoms with E-state index in [9.17, 15) is 13.2 Å². The number of aryl methyl sites for hydroxylation is 2. The molecule has 0 radical (unpaired) electrons. The van der Waals surface area contributed by atoms with Crippen LogP contribution in [-0.2, 0) is 24.1 Å². The molecule has 134 valence electrons. The lowest BCUT2D eigenvalue weighted by molar-refractivity contribution is 0.399. The molecule has 0 saturated heterocycles. The third kappa shape index (κ3) is 2.99. The van der Waals surface area contributed by atoms with E-state index in [2.05, 4.69) is 4.72 Å². The van der Waals surface area contributed by atoms with Gasteiger partial charge in [0.25, 0.3) is 0 Å². The van der Waals surface area contributed by atoms with Crippen molar-refractivity contribution in [3.8, 4) is 0 Å². The van der Waals surface area contributed by atoms with E-state index < -0.39 is 15.6 Å². The number of rotatable bonds is 4. The number of benzene rings is 1. The summed E-state index contributed by atoms with van der Waals surface area (Å²) in [6.07, 6.45) is 3.47. The number of imidazole rings is 1. The van der Waals surface area contributed by atoms with Gasteiger partial charge in [-0.1, -0.05) is 12.8 Å². The van der Waals surface area contributed by atoms with E-state index in [-0.39, 0.29) is 29.5 Å². The molecule has 0 amide bonds. The van der Waals surface area contributed by atoms with Gasteiger partial charge >= 0.3 is 5.69 Å². The Bertz CT molecular complexity index is 911. The number of hydrogen-bond acceptors (Lipinski definition) is 4. The topological polar surface area (TPSA) is 99.1 Å². The second kappa shape index (κ2) is 6.51. The standard InChI is InChI=1S/C15H22N4O3S.ClH/c1-18-12-6-5-11(9-13(12)19(2)14(18)20)23(21,22)17-15(10-16)7-3-4-8-15;/h5-6,9,17H,3-4,7-8,10,16H2,1-2H3;1H. The molecule has 1 aromatic heterocycles. The van der Waals surface area contributed by atoms with Crippen LogP contribution in [0.15, 0.2) is 27.9 Å². The molecule has 1 heterocycles. The molecule has 9 heteroatoms. The first kappa shape index (κ1) is 19.0. The molecule has 0 aliphatic heterocycles. The van der Waals surface area contributed by atoms with E-state index in [1.807, 2.05) is 0 Å². The average molecular weight is 375 g/mol. The van der Waals surface area contributed by atoms with Gasteiger partial charge in [-0.25, -0.2) is 17.9 Å². The van der Waals surface area contributed by atoms with Crippen molar-refractivity contribution in [1.82, 2.24) is 13.9 Å². The monoisotopic (exact) mass is 374 g/mol. The average Bonchev–Trinajstić information content (AvgIpc) is 3.07. The molecule has 3 rings (SSSR count). The van der Waals surface area contributed by atoms with Crippen molar-refractivity contribution in [3.63, 3.8) is 0 Å². The Labute approximate surface area is 147 Å². The van der Waals surface area contributed by atoms with Crippen molar-refractivity contribution in [2.24, 2.45) is 19.8 Å². The Kier molecular flexibility index (Phi) is 5.15. The molecule has 2 aromatic rings. The predicted molar refractivity (Wildman–Crippen MR) is 96.0 cm³/mol. The first-order valence-electron chi connectivity index (χ1n) is 7.69. The van der Waals surface area contributed by atoms with Crippen LogP contribution in [0.5, 0.6) is 0 Å². The Hall–Kier alpha value is -1.35. The van der Waals surface area contributed by atoms with E-state index in [4.69, 9.17) is 5.73 Å². The summed E-state index contributed by atoms with van der Waals surface area (Å²) in [4.78, 5) is 12.1. The maximum absolute atomic E-state index is 12.7. The van der Waals surface area contributed by atoms with E-state index in [1.165, 1.54) is 21.3 Å². The van der Waals surface area contributed by atoms with Gasteiger partial charge in [-0.15, -0.1) is 12.4 Å². The smallest absolute Gasteiger partial charge is 0.328 e. The largest absolute Gasteiger partial charge is 0.329 e. The van der Waals surface area contributed by atoms with Gasteiger partial charge in [0.05, 0.1) is 15.9 Å². The lowest BCUT2D eigenvalue weighted by atomic mass is 10.0. The van der Waals surface area contributed by atoms with Gasteiger partial charge in [-0.3, -0.25) is 9.13 Å². The van der Waals surface area contributed by atoms with Crippen LogP contribution < -0.4 is 16.1 Å². The molecule has 7 nitrogen and oxygen atoms in total. The SMILES string of the molecule is Cl.Cn1c(=O)n(C)c2cc(S(=O)(=O)NC3(CN)CCCC3)ccc21. The number of aromatic nitrogens is 2. The Morgan fingerprint density at radius 1 is 1.17 bits per heavy atom. The second-order valence-corrected chi connectivity index (χ2v) is 8.03. The summed E-state index contributed by atoms with van der Waals surface area (Å²) in [5, 5.41) is 0. The number of fused-ring (bicyclic) bond motifs is 1. The lowest BCUT2D eigenvalue weighted by Gasteiger charge is -2.28. The first-order valence-corrected chi connectivity index (χ1v) is 9.17. The molecular weight excluding hydrogens is 352 g/mol. The van der Waals surface area contributed by atoms with Crippen molar-refractivity contribution in [1.29, 1.82) is 0 Å².